The van der Waals surface area contributed by atoms with E-state index >= 15 is 0 Å². The second kappa shape index (κ2) is 8.04. The molecule has 0 bridgehead atoms. The van der Waals surface area contributed by atoms with Gasteiger partial charge in [-0.25, -0.2) is 0 Å². The normalized spacial score (nSPS) is 15.1. The molecule has 0 spiro atoms. The summed E-state index contributed by atoms with van der Waals surface area (Å²) in [6.07, 6.45) is 0. The number of nitrogens with one attached hydrogen (secondary N) is 1. The topological polar surface area (TPSA) is 32.3 Å². The van der Waals surface area contributed by atoms with Crippen molar-refractivity contribution in [1.82, 2.24) is 10.2 Å². The first kappa shape index (κ1) is 15.8. The molecule has 100 valence electrons. The van der Waals surface area contributed by atoms with Crippen LogP contribution in [0.1, 0.15) is 0 Å². The fourth-order valence-electron chi connectivity index (χ4n) is 1.71. The fourth-order valence-corrected chi connectivity index (χ4v) is 3.12. The predicted molar refractivity (Wildman–Crippen MR) is 81.6 cm³/mol. The van der Waals surface area contributed by atoms with Crippen LogP contribution >= 0.6 is 40.1 Å². The fraction of sp³-hybridized carbons (Fsp3) is 0.417. The Balaban J connectivity index is 0.00000162. The molecule has 1 N–H and O–H groups in total. The Morgan fingerprint density at radius 1 is 1.39 bits per heavy atom. The van der Waals surface area contributed by atoms with Crippen LogP contribution in [0.5, 0.6) is 0 Å². The van der Waals surface area contributed by atoms with Gasteiger partial charge in [0.1, 0.15) is 0 Å². The first-order valence-electron chi connectivity index (χ1n) is 5.62. The Labute approximate surface area is 126 Å². The average Bonchev–Trinajstić information content (AvgIpc) is 2.37. The van der Waals surface area contributed by atoms with Gasteiger partial charge in [-0.3, -0.25) is 4.79 Å². The monoisotopic (exact) mass is 350 g/mol. The molecule has 1 fully saturated rings. The zero-order valence-electron chi connectivity index (χ0n) is 9.89. The van der Waals surface area contributed by atoms with Crippen LogP contribution in [0.2, 0.25) is 0 Å². The maximum Gasteiger partial charge on any atom is 0.233 e. The maximum absolute atomic E-state index is 11.9. The van der Waals surface area contributed by atoms with Crippen molar-refractivity contribution in [3.05, 3.63) is 28.7 Å². The molecule has 18 heavy (non-hydrogen) atoms. The van der Waals surface area contributed by atoms with Gasteiger partial charge in [0.25, 0.3) is 0 Å². The molecule has 0 atom stereocenters. The number of piperazine rings is 1. The number of thioether (sulfide) groups is 1. The molecule has 1 aliphatic heterocycles. The molecule has 1 amide bonds. The van der Waals surface area contributed by atoms with Crippen molar-refractivity contribution < 1.29 is 4.79 Å². The second-order valence-electron chi connectivity index (χ2n) is 3.88. The van der Waals surface area contributed by atoms with Crippen LogP contribution in [0, 0.1) is 0 Å². The van der Waals surface area contributed by atoms with Crippen molar-refractivity contribution in [3.8, 4) is 0 Å². The molecular weight excluding hydrogens is 336 g/mol. The standard InChI is InChI=1S/C12H15BrN2OS.ClH/c13-10-2-1-3-11(8-10)17-9-12(16)15-6-4-14-5-7-15;/h1-3,8,14H,4-7,9H2;1H. The second-order valence-corrected chi connectivity index (χ2v) is 5.84. The Morgan fingerprint density at radius 3 is 2.78 bits per heavy atom. The van der Waals surface area contributed by atoms with E-state index in [0.717, 1.165) is 35.5 Å². The van der Waals surface area contributed by atoms with Crippen LogP contribution < -0.4 is 5.32 Å². The molecule has 0 aliphatic carbocycles. The zero-order chi connectivity index (χ0) is 12.1. The summed E-state index contributed by atoms with van der Waals surface area (Å²) in [5, 5.41) is 3.24. The number of carbonyl (C=O) groups is 1. The highest BCUT2D eigenvalue weighted by Crippen LogP contribution is 2.22. The zero-order valence-corrected chi connectivity index (χ0v) is 13.1. The van der Waals surface area contributed by atoms with E-state index in [-0.39, 0.29) is 18.3 Å². The molecule has 0 unspecified atom stereocenters. The van der Waals surface area contributed by atoms with Gasteiger partial charge in [-0.05, 0) is 18.2 Å². The van der Waals surface area contributed by atoms with Gasteiger partial charge in [-0.15, -0.1) is 24.2 Å². The highest BCUT2D eigenvalue weighted by molar-refractivity contribution is 9.10. The summed E-state index contributed by atoms with van der Waals surface area (Å²) in [5.41, 5.74) is 0. The lowest BCUT2D eigenvalue weighted by molar-refractivity contribution is -0.128. The van der Waals surface area contributed by atoms with E-state index in [1.807, 2.05) is 29.2 Å². The van der Waals surface area contributed by atoms with E-state index in [2.05, 4.69) is 21.2 Å². The predicted octanol–water partition coefficient (Wildman–Crippen LogP) is 2.39. The number of benzene rings is 1. The number of amides is 1. The van der Waals surface area contributed by atoms with Gasteiger partial charge >= 0.3 is 0 Å². The molecule has 0 aromatic heterocycles. The maximum atomic E-state index is 11.9. The van der Waals surface area contributed by atoms with Gasteiger partial charge in [-0.1, -0.05) is 22.0 Å². The summed E-state index contributed by atoms with van der Waals surface area (Å²) in [4.78, 5) is 15.0. The smallest absolute Gasteiger partial charge is 0.233 e. The van der Waals surface area contributed by atoms with Crippen LogP contribution in [-0.2, 0) is 4.79 Å². The van der Waals surface area contributed by atoms with Crippen molar-refractivity contribution in [2.24, 2.45) is 0 Å². The van der Waals surface area contributed by atoms with Crippen LogP contribution in [0.15, 0.2) is 33.6 Å². The summed E-state index contributed by atoms with van der Waals surface area (Å²) in [6.45, 7) is 3.48. The molecule has 3 nitrogen and oxygen atoms in total. The van der Waals surface area contributed by atoms with E-state index < -0.39 is 0 Å². The molecular formula is C12H16BrClN2OS. The lowest BCUT2D eigenvalue weighted by atomic mass is 10.3. The van der Waals surface area contributed by atoms with Crippen molar-refractivity contribution in [2.75, 3.05) is 31.9 Å². The van der Waals surface area contributed by atoms with Crippen LogP contribution in [0.3, 0.4) is 0 Å². The minimum atomic E-state index is 0. The van der Waals surface area contributed by atoms with E-state index in [1.54, 1.807) is 11.8 Å². The molecule has 1 saturated heterocycles. The van der Waals surface area contributed by atoms with E-state index in [0.29, 0.717) is 5.75 Å². The molecule has 1 heterocycles. The summed E-state index contributed by atoms with van der Waals surface area (Å²) in [6, 6.07) is 8.04. The minimum absolute atomic E-state index is 0. The summed E-state index contributed by atoms with van der Waals surface area (Å²) in [5.74, 6) is 0.757. The number of nitrogens with zero attached hydrogens (tertiary/aromatic N) is 1. The average molecular weight is 352 g/mol. The summed E-state index contributed by atoms with van der Waals surface area (Å²) < 4.78 is 1.05. The molecule has 0 radical (unpaired) electrons. The first-order valence-corrected chi connectivity index (χ1v) is 7.40. The summed E-state index contributed by atoms with van der Waals surface area (Å²) in [7, 11) is 0. The quantitative estimate of drug-likeness (QED) is 0.849. The highest BCUT2D eigenvalue weighted by atomic mass is 79.9. The van der Waals surface area contributed by atoms with Gasteiger partial charge in [0.15, 0.2) is 0 Å². The van der Waals surface area contributed by atoms with Gasteiger partial charge < -0.3 is 10.2 Å². The number of carbonyl (C=O) groups excluding carboxylic acids is 1. The molecule has 2 rings (SSSR count). The van der Waals surface area contributed by atoms with Crippen LogP contribution in [0.25, 0.3) is 0 Å². The lowest BCUT2D eigenvalue weighted by Crippen LogP contribution is -2.47. The van der Waals surface area contributed by atoms with Gasteiger partial charge in [-0.2, -0.15) is 0 Å². The van der Waals surface area contributed by atoms with Crippen LogP contribution in [-0.4, -0.2) is 42.7 Å². The largest absolute Gasteiger partial charge is 0.339 e. The first-order chi connectivity index (χ1) is 8.25. The van der Waals surface area contributed by atoms with Gasteiger partial charge in [0.05, 0.1) is 5.75 Å². The van der Waals surface area contributed by atoms with Crippen LogP contribution in [0.4, 0.5) is 0 Å². The summed E-state index contributed by atoms with van der Waals surface area (Å²) >= 11 is 5.02. The Bertz CT molecular complexity index is 399. The van der Waals surface area contributed by atoms with Crippen molar-refractivity contribution in [2.45, 2.75) is 4.90 Å². The number of rotatable bonds is 3. The third-order valence-electron chi connectivity index (χ3n) is 2.63. The van der Waals surface area contributed by atoms with Crippen molar-refractivity contribution in [3.63, 3.8) is 0 Å². The van der Waals surface area contributed by atoms with E-state index in [9.17, 15) is 4.79 Å². The molecule has 1 aromatic rings. The number of hydrogen-bond donors (Lipinski definition) is 1. The lowest BCUT2D eigenvalue weighted by Gasteiger charge is -2.27. The SMILES string of the molecule is Cl.O=C(CSc1cccc(Br)c1)N1CCNCC1. The number of hydrogen-bond acceptors (Lipinski definition) is 3. The van der Waals surface area contributed by atoms with Gasteiger partial charge in [0, 0.05) is 35.5 Å². The third-order valence-corrected chi connectivity index (χ3v) is 4.10. The Kier molecular flexibility index (Phi) is 7.07. The molecule has 6 heteroatoms. The third kappa shape index (κ3) is 4.80. The molecule has 1 aliphatic rings. The van der Waals surface area contributed by atoms with Crippen molar-refractivity contribution in [1.29, 1.82) is 0 Å². The van der Waals surface area contributed by atoms with E-state index in [1.165, 1.54) is 0 Å². The van der Waals surface area contributed by atoms with Gasteiger partial charge in [0.2, 0.25) is 5.91 Å². The highest BCUT2D eigenvalue weighted by Gasteiger charge is 2.15. The molecule has 0 saturated carbocycles. The van der Waals surface area contributed by atoms with Crippen molar-refractivity contribution >= 4 is 46.0 Å². The number of halogens is 2. The Hall–Kier alpha value is -0.230. The van der Waals surface area contributed by atoms with E-state index in [4.69, 9.17) is 0 Å². The molecule has 1 aromatic carbocycles. The minimum Gasteiger partial charge on any atom is -0.339 e. The Morgan fingerprint density at radius 2 is 2.11 bits per heavy atom.